The van der Waals surface area contributed by atoms with E-state index in [9.17, 15) is 4.79 Å². The number of hydrogen-bond donors (Lipinski definition) is 1. The minimum Gasteiger partial charge on any atom is -0.457 e. The molecule has 3 heterocycles. The van der Waals surface area contributed by atoms with Gasteiger partial charge in [0.15, 0.2) is 5.17 Å². The zero-order valence-corrected chi connectivity index (χ0v) is 14.7. The second kappa shape index (κ2) is 6.06. The number of carbonyl (C=O) groups is 1. The van der Waals surface area contributed by atoms with Gasteiger partial charge in [0.2, 0.25) is 0 Å². The third-order valence-corrected chi connectivity index (χ3v) is 4.85. The van der Waals surface area contributed by atoms with Gasteiger partial charge < -0.3 is 4.42 Å². The number of nitrogens with one attached hydrogen (secondary N) is 1. The number of nitrogens with zero attached hydrogens (tertiary/aromatic N) is 2. The largest absolute Gasteiger partial charge is 0.457 e. The van der Waals surface area contributed by atoms with Gasteiger partial charge in [0.25, 0.3) is 5.91 Å². The molecule has 4 rings (SSSR count). The summed E-state index contributed by atoms with van der Waals surface area (Å²) >= 11 is 7.38. The summed E-state index contributed by atoms with van der Waals surface area (Å²) in [7, 11) is 0. The van der Waals surface area contributed by atoms with Crippen LogP contribution in [0.2, 0.25) is 5.02 Å². The lowest BCUT2D eigenvalue weighted by atomic mass is 10.1. The molecule has 5 nitrogen and oxygen atoms in total. The number of amides is 1. The molecule has 2 aliphatic rings. The number of benzene rings is 1. The van der Waals surface area contributed by atoms with Gasteiger partial charge in [-0.25, -0.2) is 0 Å². The zero-order valence-electron chi connectivity index (χ0n) is 13.1. The molecule has 0 atom stereocenters. The van der Waals surface area contributed by atoms with Crippen molar-refractivity contribution >= 4 is 46.3 Å². The second-order valence-corrected chi connectivity index (χ2v) is 7.18. The summed E-state index contributed by atoms with van der Waals surface area (Å²) in [5, 5.41) is 9.42. The fraction of sp³-hybridized carbons (Fsp3) is 0.0556. The van der Waals surface area contributed by atoms with Crippen LogP contribution in [0.3, 0.4) is 0 Å². The predicted octanol–water partition coefficient (Wildman–Crippen LogP) is 4.77. The minimum atomic E-state index is -0.437. The van der Waals surface area contributed by atoms with Crippen LogP contribution < -0.4 is 0 Å². The van der Waals surface area contributed by atoms with E-state index in [2.05, 4.69) is 4.99 Å². The third kappa shape index (κ3) is 2.94. The molecular weight excluding hydrogens is 358 g/mol. The van der Waals surface area contributed by atoms with Crippen molar-refractivity contribution in [2.75, 3.05) is 0 Å². The van der Waals surface area contributed by atoms with E-state index in [1.165, 1.54) is 11.8 Å². The first kappa shape index (κ1) is 15.9. The predicted molar refractivity (Wildman–Crippen MR) is 100 cm³/mol. The number of hydrogen-bond acceptors (Lipinski definition) is 4. The molecule has 0 bridgehead atoms. The summed E-state index contributed by atoms with van der Waals surface area (Å²) in [4.78, 5) is 18.9. The summed E-state index contributed by atoms with van der Waals surface area (Å²) < 4.78 is 5.79. The number of allylic oxidation sites excluding steroid dienone is 1. The van der Waals surface area contributed by atoms with Crippen LogP contribution in [-0.2, 0) is 4.79 Å². The Labute approximate surface area is 153 Å². The van der Waals surface area contributed by atoms with Crippen molar-refractivity contribution in [1.29, 1.82) is 5.41 Å². The molecule has 1 amide bonds. The Kier molecular flexibility index (Phi) is 3.86. The Balaban J connectivity index is 1.68. The van der Waals surface area contributed by atoms with Gasteiger partial charge in [-0.05, 0) is 37.3 Å². The van der Waals surface area contributed by atoms with Crippen LogP contribution in [0.15, 0.2) is 62.5 Å². The molecule has 2 aliphatic heterocycles. The van der Waals surface area contributed by atoms with Crippen molar-refractivity contribution in [2.24, 2.45) is 4.99 Å². The average Bonchev–Trinajstić information content (AvgIpc) is 3.18. The highest BCUT2D eigenvalue weighted by molar-refractivity contribution is 8.17. The van der Waals surface area contributed by atoms with Crippen LogP contribution in [0.4, 0.5) is 0 Å². The normalized spacial score (nSPS) is 18.5. The monoisotopic (exact) mass is 369 g/mol. The molecule has 0 fully saturated rings. The van der Waals surface area contributed by atoms with Crippen LogP contribution in [0.1, 0.15) is 12.7 Å². The maximum Gasteiger partial charge on any atom is 0.283 e. The highest BCUT2D eigenvalue weighted by atomic mass is 35.5. The molecule has 1 aromatic carbocycles. The van der Waals surface area contributed by atoms with Crippen molar-refractivity contribution in [1.82, 2.24) is 4.90 Å². The zero-order chi connectivity index (χ0) is 17.6. The van der Waals surface area contributed by atoms with Crippen LogP contribution in [0.5, 0.6) is 0 Å². The number of thioether (sulfide) groups is 1. The van der Waals surface area contributed by atoms with Gasteiger partial charge in [0.1, 0.15) is 17.4 Å². The summed E-state index contributed by atoms with van der Waals surface area (Å²) in [5.74, 6) is 0.780. The molecule has 7 heteroatoms. The molecule has 0 radical (unpaired) electrons. The SMILES string of the molecule is CC1=CN2C(=N)/C(=C\c3ccc(-c4cccc(Cl)c4)o3)C(=O)N=C2S1. The van der Waals surface area contributed by atoms with E-state index in [1.54, 1.807) is 41.4 Å². The average molecular weight is 370 g/mol. The lowest BCUT2D eigenvalue weighted by Gasteiger charge is -2.21. The Morgan fingerprint density at radius 3 is 2.96 bits per heavy atom. The Morgan fingerprint density at radius 1 is 1.32 bits per heavy atom. The molecule has 1 aromatic heterocycles. The summed E-state index contributed by atoms with van der Waals surface area (Å²) in [6.45, 7) is 1.91. The maximum absolute atomic E-state index is 12.3. The first-order valence-electron chi connectivity index (χ1n) is 7.46. The number of fused-ring (bicyclic) bond motifs is 1. The summed E-state index contributed by atoms with van der Waals surface area (Å²) in [5.41, 5.74) is 1.04. The van der Waals surface area contributed by atoms with Gasteiger partial charge >= 0.3 is 0 Å². The second-order valence-electron chi connectivity index (χ2n) is 5.53. The smallest absolute Gasteiger partial charge is 0.283 e. The quantitative estimate of drug-likeness (QED) is 0.774. The lowest BCUT2D eigenvalue weighted by Crippen LogP contribution is -2.35. The van der Waals surface area contributed by atoms with Crippen molar-refractivity contribution in [3.05, 3.63) is 63.9 Å². The summed E-state index contributed by atoms with van der Waals surface area (Å²) in [6, 6.07) is 10.9. The minimum absolute atomic E-state index is 0.0973. The van der Waals surface area contributed by atoms with Crippen molar-refractivity contribution in [2.45, 2.75) is 6.92 Å². The number of amidine groups is 2. The number of carbonyl (C=O) groups excluding carboxylic acids is 1. The lowest BCUT2D eigenvalue weighted by molar-refractivity contribution is -0.114. The van der Waals surface area contributed by atoms with Crippen LogP contribution >= 0.6 is 23.4 Å². The highest BCUT2D eigenvalue weighted by Crippen LogP contribution is 2.33. The van der Waals surface area contributed by atoms with Gasteiger partial charge in [-0.15, -0.1) is 0 Å². The first-order chi connectivity index (χ1) is 12.0. The fourth-order valence-corrected chi connectivity index (χ4v) is 3.58. The van der Waals surface area contributed by atoms with Crippen LogP contribution in [-0.4, -0.2) is 21.8 Å². The van der Waals surface area contributed by atoms with Gasteiger partial charge in [-0.1, -0.05) is 35.5 Å². The number of rotatable bonds is 2. The molecule has 0 saturated heterocycles. The molecule has 1 N–H and O–H groups in total. The van der Waals surface area contributed by atoms with Crippen molar-refractivity contribution < 1.29 is 9.21 Å². The van der Waals surface area contributed by atoms with Gasteiger partial charge in [0.05, 0.1) is 5.57 Å². The molecule has 0 aliphatic carbocycles. The number of halogens is 1. The van der Waals surface area contributed by atoms with Gasteiger partial charge in [-0.2, -0.15) is 4.99 Å². The highest BCUT2D eigenvalue weighted by Gasteiger charge is 2.33. The fourth-order valence-electron chi connectivity index (χ4n) is 2.57. The van der Waals surface area contributed by atoms with Crippen LogP contribution in [0, 0.1) is 5.41 Å². The van der Waals surface area contributed by atoms with Crippen molar-refractivity contribution in [3.8, 4) is 11.3 Å². The molecule has 0 spiro atoms. The topological polar surface area (TPSA) is 69.7 Å². The van der Waals surface area contributed by atoms with Crippen molar-refractivity contribution in [3.63, 3.8) is 0 Å². The molecule has 0 saturated carbocycles. The molecule has 0 unspecified atom stereocenters. The van der Waals surface area contributed by atoms with E-state index in [1.807, 2.05) is 19.1 Å². The van der Waals surface area contributed by atoms with Gasteiger partial charge in [0, 0.05) is 21.7 Å². The van der Waals surface area contributed by atoms with E-state index < -0.39 is 5.91 Å². The van der Waals surface area contributed by atoms with Crippen LogP contribution in [0.25, 0.3) is 17.4 Å². The maximum atomic E-state index is 12.3. The van der Waals surface area contributed by atoms with E-state index >= 15 is 0 Å². The Morgan fingerprint density at radius 2 is 2.16 bits per heavy atom. The molecule has 124 valence electrons. The molecular formula is C18H12ClN3O2S. The first-order valence-corrected chi connectivity index (χ1v) is 8.65. The summed E-state index contributed by atoms with van der Waals surface area (Å²) in [6.07, 6.45) is 3.34. The third-order valence-electron chi connectivity index (χ3n) is 3.72. The van der Waals surface area contributed by atoms with E-state index in [4.69, 9.17) is 21.4 Å². The molecule has 25 heavy (non-hydrogen) atoms. The Bertz CT molecular complexity index is 1000. The van der Waals surface area contributed by atoms with E-state index in [-0.39, 0.29) is 11.4 Å². The van der Waals surface area contributed by atoms with E-state index in [0.717, 1.165) is 10.5 Å². The Hall–Kier alpha value is -2.57. The van der Waals surface area contributed by atoms with Gasteiger partial charge in [-0.3, -0.25) is 15.1 Å². The number of aliphatic imine (C=N–C) groups is 1. The van der Waals surface area contributed by atoms with E-state index in [0.29, 0.717) is 21.7 Å². The molecule has 2 aromatic rings. The number of furan rings is 1. The standard InChI is InChI=1S/C18H12ClN3O2S/c1-10-9-22-16(20)14(17(23)21-18(22)25-10)8-13-5-6-15(24-13)11-3-2-4-12(19)7-11/h2-9,20H,1H3/b14-8+,20-16?.